The molecule has 1 aromatic heterocycles. The van der Waals surface area contributed by atoms with Crippen LogP contribution in [0.3, 0.4) is 0 Å². The zero-order chi connectivity index (χ0) is 11.5. The first-order valence-electron chi connectivity index (χ1n) is 5.27. The molecule has 6 heteroatoms. The lowest BCUT2D eigenvalue weighted by Crippen LogP contribution is -2.21. The maximum atomic E-state index is 11.3. The van der Waals surface area contributed by atoms with E-state index in [0.717, 1.165) is 19.3 Å². The highest BCUT2D eigenvalue weighted by Gasteiger charge is 2.21. The number of nitrogens with zero attached hydrogens (tertiary/aromatic N) is 2. The van der Waals surface area contributed by atoms with E-state index >= 15 is 0 Å². The van der Waals surface area contributed by atoms with Gasteiger partial charge in [0.25, 0.3) is 0 Å². The Morgan fingerprint density at radius 2 is 2.50 bits per heavy atom. The molecule has 88 valence electrons. The highest BCUT2D eigenvalue weighted by atomic mass is 16.5. The fourth-order valence-corrected chi connectivity index (χ4v) is 1.76. The Labute approximate surface area is 93.3 Å². The Balaban J connectivity index is 2.20. The van der Waals surface area contributed by atoms with Crippen molar-refractivity contribution in [3.8, 4) is 0 Å². The summed E-state index contributed by atoms with van der Waals surface area (Å²) in [6, 6.07) is 1.50. The summed E-state index contributed by atoms with van der Waals surface area (Å²) in [6.45, 7) is 0.706. The lowest BCUT2D eigenvalue weighted by molar-refractivity contribution is -0.0382. The zero-order valence-corrected chi connectivity index (χ0v) is 9.18. The molecule has 0 saturated carbocycles. The number of hydrogen-bond donors (Lipinski definition) is 1. The van der Waals surface area contributed by atoms with E-state index < -0.39 is 5.97 Å². The number of aromatic nitrogens is 2. The first-order valence-corrected chi connectivity index (χ1v) is 5.27. The van der Waals surface area contributed by atoms with Crippen LogP contribution in [0.15, 0.2) is 6.07 Å². The van der Waals surface area contributed by atoms with Crippen LogP contribution in [0.25, 0.3) is 0 Å². The van der Waals surface area contributed by atoms with E-state index in [0.29, 0.717) is 12.4 Å². The molecule has 1 atom stereocenters. The third-order valence-electron chi connectivity index (χ3n) is 2.59. The molecule has 1 unspecified atom stereocenters. The monoisotopic (exact) mass is 225 g/mol. The fourth-order valence-electron chi connectivity index (χ4n) is 1.76. The van der Waals surface area contributed by atoms with Gasteiger partial charge in [-0.2, -0.15) is 5.10 Å². The highest BCUT2D eigenvalue weighted by Crippen LogP contribution is 2.24. The van der Waals surface area contributed by atoms with Gasteiger partial charge in [-0.05, 0) is 19.3 Å². The maximum Gasteiger partial charge on any atom is 0.358 e. The molecule has 6 nitrogen and oxygen atoms in total. The Kier molecular flexibility index (Phi) is 3.09. The summed E-state index contributed by atoms with van der Waals surface area (Å²) in [5.41, 5.74) is 5.99. The smallest absolute Gasteiger partial charge is 0.358 e. The molecule has 2 N–H and O–H groups in total. The Morgan fingerprint density at radius 1 is 1.69 bits per heavy atom. The third kappa shape index (κ3) is 2.01. The normalized spacial score (nSPS) is 20.7. The first kappa shape index (κ1) is 10.9. The van der Waals surface area contributed by atoms with E-state index in [4.69, 9.17) is 10.5 Å². The number of carbonyl (C=O) groups excluding carboxylic acids is 1. The number of nitrogen functional groups attached to an aromatic ring is 1. The molecule has 0 amide bonds. The van der Waals surface area contributed by atoms with Gasteiger partial charge >= 0.3 is 5.97 Å². The van der Waals surface area contributed by atoms with Crippen molar-refractivity contribution >= 4 is 11.8 Å². The summed E-state index contributed by atoms with van der Waals surface area (Å²) in [6.07, 6.45) is 2.85. The summed E-state index contributed by atoms with van der Waals surface area (Å²) in [7, 11) is 1.31. The second-order valence-corrected chi connectivity index (χ2v) is 3.71. The van der Waals surface area contributed by atoms with Crippen LogP contribution < -0.4 is 5.73 Å². The number of esters is 1. The number of anilines is 1. The molecule has 1 fully saturated rings. The molecule has 2 heterocycles. The van der Waals surface area contributed by atoms with Crippen LogP contribution in [0.1, 0.15) is 36.0 Å². The first-order chi connectivity index (χ1) is 7.72. The lowest BCUT2D eigenvalue weighted by Gasteiger charge is -2.23. The van der Waals surface area contributed by atoms with Crippen LogP contribution in [-0.2, 0) is 9.47 Å². The SMILES string of the molecule is COC(=O)c1cc(N)n(C2CCCCO2)n1. The molecule has 1 aliphatic rings. The number of ether oxygens (including phenoxy) is 2. The Hall–Kier alpha value is -1.56. The summed E-state index contributed by atoms with van der Waals surface area (Å²) >= 11 is 0. The van der Waals surface area contributed by atoms with Crippen molar-refractivity contribution in [1.29, 1.82) is 0 Å². The minimum atomic E-state index is -0.485. The van der Waals surface area contributed by atoms with Gasteiger partial charge in [0.15, 0.2) is 11.9 Å². The van der Waals surface area contributed by atoms with Gasteiger partial charge in [0.05, 0.1) is 7.11 Å². The average Bonchev–Trinajstić information content (AvgIpc) is 2.71. The third-order valence-corrected chi connectivity index (χ3v) is 2.59. The maximum absolute atomic E-state index is 11.3. The topological polar surface area (TPSA) is 79.4 Å². The van der Waals surface area contributed by atoms with Gasteiger partial charge < -0.3 is 15.2 Å². The van der Waals surface area contributed by atoms with Gasteiger partial charge in [0.1, 0.15) is 5.82 Å². The molecule has 0 aliphatic carbocycles. The molecule has 16 heavy (non-hydrogen) atoms. The summed E-state index contributed by atoms with van der Waals surface area (Å²) < 4.78 is 11.7. The molecule has 2 rings (SSSR count). The van der Waals surface area contributed by atoms with Crippen molar-refractivity contribution in [3.63, 3.8) is 0 Å². The van der Waals surface area contributed by atoms with Gasteiger partial charge in [-0.15, -0.1) is 0 Å². The van der Waals surface area contributed by atoms with E-state index in [1.54, 1.807) is 4.68 Å². The molecule has 1 aromatic rings. The van der Waals surface area contributed by atoms with Gasteiger partial charge in [0.2, 0.25) is 0 Å². The average molecular weight is 225 g/mol. The van der Waals surface area contributed by atoms with Crippen molar-refractivity contribution in [3.05, 3.63) is 11.8 Å². The van der Waals surface area contributed by atoms with Crippen molar-refractivity contribution < 1.29 is 14.3 Å². The van der Waals surface area contributed by atoms with Crippen LogP contribution in [0.4, 0.5) is 5.82 Å². The van der Waals surface area contributed by atoms with Crippen LogP contribution >= 0.6 is 0 Å². The van der Waals surface area contributed by atoms with Crippen LogP contribution in [0.2, 0.25) is 0 Å². The van der Waals surface area contributed by atoms with E-state index in [1.165, 1.54) is 13.2 Å². The Bertz CT molecular complexity index is 383. The van der Waals surface area contributed by atoms with Crippen LogP contribution in [0, 0.1) is 0 Å². The number of methoxy groups -OCH3 is 1. The van der Waals surface area contributed by atoms with E-state index in [9.17, 15) is 4.79 Å². The zero-order valence-electron chi connectivity index (χ0n) is 9.18. The number of hydrogen-bond acceptors (Lipinski definition) is 5. The molecule has 1 aliphatic heterocycles. The van der Waals surface area contributed by atoms with Crippen LogP contribution in [-0.4, -0.2) is 29.5 Å². The standard InChI is InChI=1S/C10H15N3O3/c1-15-10(14)7-6-8(11)13(12-7)9-4-2-3-5-16-9/h6,9H,2-5,11H2,1H3. The minimum Gasteiger partial charge on any atom is -0.464 e. The van der Waals surface area contributed by atoms with Gasteiger partial charge in [-0.3, -0.25) is 0 Å². The predicted octanol–water partition coefficient (Wildman–Crippen LogP) is 0.951. The number of rotatable bonds is 2. The molecule has 0 spiro atoms. The largest absolute Gasteiger partial charge is 0.464 e. The van der Waals surface area contributed by atoms with E-state index in [1.807, 2.05) is 0 Å². The molecular weight excluding hydrogens is 210 g/mol. The summed E-state index contributed by atoms with van der Waals surface area (Å²) in [5, 5.41) is 4.10. The molecule has 0 aromatic carbocycles. The summed E-state index contributed by atoms with van der Waals surface area (Å²) in [5.74, 6) is -0.0615. The lowest BCUT2D eigenvalue weighted by atomic mass is 10.2. The van der Waals surface area contributed by atoms with Crippen molar-refractivity contribution in [2.75, 3.05) is 19.5 Å². The van der Waals surface area contributed by atoms with E-state index in [-0.39, 0.29) is 11.9 Å². The van der Waals surface area contributed by atoms with Crippen molar-refractivity contribution in [1.82, 2.24) is 9.78 Å². The summed E-state index contributed by atoms with van der Waals surface area (Å²) in [4.78, 5) is 11.3. The highest BCUT2D eigenvalue weighted by molar-refractivity contribution is 5.87. The molecule has 0 radical (unpaired) electrons. The van der Waals surface area contributed by atoms with Gasteiger partial charge in [-0.1, -0.05) is 0 Å². The van der Waals surface area contributed by atoms with Gasteiger partial charge in [-0.25, -0.2) is 9.48 Å². The van der Waals surface area contributed by atoms with Gasteiger partial charge in [0, 0.05) is 12.7 Å². The van der Waals surface area contributed by atoms with Crippen molar-refractivity contribution in [2.45, 2.75) is 25.5 Å². The molecule has 1 saturated heterocycles. The Morgan fingerprint density at radius 3 is 3.12 bits per heavy atom. The second kappa shape index (κ2) is 4.52. The van der Waals surface area contributed by atoms with Crippen LogP contribution in [0.5, 0.6) is 0 Å². The quantitative estimate of drug-likeness (QED) is 0.758. The van der Waals surface area contributed by atoms with E-state index in [2.05, 4.69) is 9.84 Å². The second-order valence-electron chi connectivity index (χ2n) is 3.71. The minimum absolute atomic E-state index is 0.160. The molecular formula is C10H15N3O3. The predicted molar refractivity (Wildman–Crippen MR) is 56.8 cm³/mol. The number of nitrogens with two attached hydrogens (primary N) is 1. The molecule has 0 bridgehead atoms. The fraction of sp³-hybridized carbons (Fsp3) is 0.600. The number of carbonyl (C=O) groups is 1. The van der Waals surface area contributed by atoms with Crippen molar-refractivity contribution in [2.24, 2.45) is 0 Å².